The Hall–Kier alpha value is -1.03. The first-order valence-corrected chi connectivity index (χ1v) is 7.62. The highest BCUT2D eigenvalue weighted by molar-refractivity contribution is 7.09. The number of halogens is 1. The van der Waals surface area contributed by atoms with Gasteiger partial charge in [0.25, 0.3) is 0 Å². The molecule has 0 radical (unpaired) electrons. The van der Waals surface area contributed by atoms with Gasteiger partial charge in [0.05, 0.1) is 12.7 Å². The number of benzene rings is 1. The van der Waals surface area contributed by atoms with E-state index in [9.17, 15) is 5.11 Å². The lowest BCUT2D eigenvalue weighted by Crippen LogP contribution is -2.13. The summed E-state index contributed by atoms with van der Waals surface area (Å²) in [6.07, 6.45) is 1.77. The molecule has 0 spiro atoms. The number of thiophene rings is 1. The van der Waals surface area contributed by atoms with Crippen molar-refractivity contribution in [3.63, 3.8) is 0 Å². The number of ether oxygens (including phenoxy) is 1. The van der Waals surface area contributed by atoms with E-state index in [1.165, 1.54) is 4.88 Å². The highest BCUT2D eigenvalue weighted by Gasteiger charge is 2.19. The standard InChI is InChI=1S/C15H15ClO2S/c16-12-6-10-3-4-18-15(10)11(7-12)8-13(17)9-14-2-1-5-19-14/h1-2,5-7,13,17H,3-4,8-9H2. The second-order valence-corrected chi connectivity index (χ2v) is 6.26. The second-order valence-electron chi connectivity index (χ2n) is 4.79. The number of fused-ring (bicyclic) bond motifs is 1. The molecule has 0 bridgehead atoms. The van der Waals surface area contributed by atoms with Crippen LogP contribution in [0.2, 0.25) is 5.02 Å². The van der Waals surface area contributed by atoms with Crippen molar-refractivity contribution in [2.45, 2.75) is 25.4 Å². The molecule has 3 rings (SSSR count). The van der Waals surface area contributed by atoms with Crippen LogP contribution in [0.4, 0.5) is 0 Å². The monoisotopic (exact) mass is 294 g/mol. The van der Waals surface area contributed by atoms with E-state index < -0.39 is 6.10 Å². The number of hydrogen-bond donors (Lipinski definition) is 1. The van der Waals surface area contributed by atoms with Gasteiger partial charge in [0, 0.05) is 29.2 Å². The lowest BCUT2D eigenvalue weighted by molar-refractivity contribution is 0.175. The minimum absolute atomic E-state index is 0.398. The van der Waals surface area contributed by atoms with E-state index in [4.69, 9.17) is 16.3 Å². The van der Waals surface area contributed by atoms with Crippen LogP contribution in [0.5, 0.6) is 5.75 Å². The van der Waals surface area contributed by atoms with E-state index >= 15 is 0 Å². The number of aliphatic hydroxyl groups is 1. The Bertz CT molecular complexity index is 566. The molecule has 2 nitrogen and oxygen atoms in total. The summed E-state index contributed by atoms with van der Waals surface area (Å²) in [6.45, 7) is 0.712. The third kappa shape index (κ3) is 2.94. The third-order valence-corrected chi connectivity index (χ3v) is 4.41. The molecule has 0 saturated heterocycles. The van der Waals surface area contributed by atoms with E-state index in [1.54, 1.807) is 11.3 Å². The average molecular weight is 295 g/mol. The Kier molecular flexibility index (Phi) is 3.78. The van der Waals surface area contributed by atoms with Crippen LogP contribution < -0.4 is 4.74 Å². The van der Waals surface area contributed by atoms with Gasteiger partial charge in [0.1, 0.15) is 5.75 Å². The average Bonchev–Trinajstić information content (AvgIpc) is 2.99. The zero-order valence-electron chi connectivity index (χ0n) is 10.4. The van der Waals surface area contributed by atoms with Crippen LogP contribution in [0, 0.1) is 0 Å². The van der Waals surface area contributed by atoms with Crippen LogP contribution in [-0.2, 0) is 19.3 Å². The third-order valence-electron chi connectivity index (χ3n) is 3.30. The van der Waals surface area contributed by atoms with Crippen molar-refractivity contribution in [1.29, 1.82) is 0 Å². The Morgan fingerprint density at radius 2 is 2.26 bits per heavy atom. The van der Waals surface area contributed by atoms with Crippen LogP contribution in [-0.4, -0.2) is 17.8 Å². The van der Waals surface area contributed by atoms with Gasteiger partial charge in [-0.3, -0.25) is 0 Å². The summed E-state index contributed by atoms with van der Waals surface area (Å²) < 4.78 is 5.65. The fourth-order valence-corrected chi connectivity index (χ4v) is 3.53. The number of rotatable bonds is 4. The number of hydrogen-bond acceptors (Lipinski definition) is 3. The highest BCUT2D eigenvalue weighted by Crippen LogP contribution is 2.33. The minimum atomic E-state index is -0.398. The van der Waals surface area contributed by atoms with E-state index in [0.717, 1.165) is 28.3 Å². The maximum absolute atomic E-state index is 10.2. The first-order chi connectivity index (χ1) is 9.22. The van der Waals surface area contributed by atoms with Crippen LogP contribution in [0.25, 0.3) is 0 Å². The molecule has 0 amide bonds. The molecule has 0 fully saturated rings. The molecule has 1 aliphatic heterocycles. The molecule has 19 heavy (non-hydrogen) atoms. The molecular weight excluding hydrogens is 280 g/mol. The van der Waals surface area contributed by atoms with Crippen molar-refractivity contribution in [2.24, 2.45) is 0 Å². The normalized spacial score (nSPS) is 15.1. The second kappa shape index (κ2) is 5.53. The molecule has 0 saturated carbocycles. The van der Waals surface area contributed by atoms with Crippen molar-refractivity contribution in [2.75, 3.05) is 6.61 Å². The molecule has 1 N–H and O–H groups in total. The fraction of sp³-hybridized carbons (Fsp3) is 0.333. The Morgan fingerprint density at radius 1 is 1.37 bits per heavy atom. The molecule has 4 heteroatoms. The molecule has 1 aromatic heterocycles. The minimum Gasteiger partial charge on any atom is -0.493 e. The van der Waals surface area contributed by atoms with Gasteiger partial charge in [-0.05, 0) is 34.7 Å². The number of aliphatic hydroxyl groups excluding tert-OH is 1. The first-order valence-electron chi connectivity index (χ1n) is 6.37. The highest BCUT2D eigenvalue weighted by atomic mass is 35.5. The van der Waals surface area contributed by atoms with Gasteiger partial charge in [-0.15, -0.1) is 11.3 Å². The van der Waals surface area contributed by atoms with E-state index in [0.29, 0.717) is 19.4 Å². The van der Waals surface area contributed by atoms with Crippen molar-refractivity contribution >= 4 is 22.9 Å². The Balaban J connectivity index is 1.76. The topological polar surface area (TPSA) is 29.5 Å². The van der Waals surface area contributed by atoms with Gasteiger partial charge >= 0.3 is 0 Å². The zero-order chi connectivity index (χ0) is 13.2. The van der Waals surface area contributed by atoms with Gasteiger partial charge < -0.3 is 9.84 Å². The van der Waals surface area contributed by atoms with E-state index in [1.807, 2.05) is 29.6 Å². The fourth-order valence-electron chi connectivity index (χ4n) is 2.48. The Labute approximate surface area is 121 Å². The maximum atomic E-state index is 10.2. The smallest absolute Gasteiger partial charge is 0.126 e. The molecule has 100 valence electrons. The molecular formula is C15H15ClO2S. The molecule has 1 atom stereocenters. The summed E-state index contributed by atoms with van der Waals surface area (Å²) in [4.78, 5) is 1.20. The molecule has 0 aliphatic carbocycles. The van der Waals surface area contributed by atoms with Crippen molar-refractivity contribution in [3.8, 4) is 5.75 Å². The van der Waals surface area contributed by atoms with Crippen LogP contribution in [0.1, 0.15) is 16.0 Å². The van der Waals surface area contributed by atoms with Gasteiger partial charge in [0.15, 0.2) is 0 Å². The summed E-state index contributed by atoms with van der Waals surface area (Å²) in [5, 5.41) is 13.0. The lowest BCUT2D eigenvalue weighted by atomic mass is 10.0. The van der Waals surface area contributed by atoms with Gasteiger partial charge in [-0.25, -0.2) is 0 Å². The lowest BCUT2D eigenvalue weighted by Gasteiger charge is -2.13. The summed E-state index contributed by atoms with van der Waals surface area (Å²) in [5.41, 5.74) is 2.18. The molecule has 1 aliphatic rings. The quantitative estimate of drug-likeness (QED) is 0.935. The predicted octanol–water partition coefficient (Wildman–Crippen LogP) is 3.48. The zero-order valence-corrected chi connectivity index (χ0v) is 12.0. The van der Waals surface area contributed by atoms with Crippen LogP contribution in [0.3, 0.4) is 0 Å². The predicted molar refractivity (Wildman–Crippen MR) is 78.4 cm³/mol. The van der Waals surface area contributed by atoms with E-state index in [-0.39, 0.29) is 0 Å². The molecule has 2 heterocycles. The van der Waals surface area contributed by atoms with Crippen LogP contribution in [0.15, 0.2) is 29.6 Å². The maximum Gasteiger partial charge on any atom is 0.126 e. The van der Waals surface area contributed by atoms with Crippen LogP contribution >= 0.6 is 22.9 Å². The molecule has 2 aromatic rings. The van der Waals surface area contributed by atoms with Gasteiger partial charge in [-0.1, -0.05) is 17.7 Å². The van der Waals surface area contributed by atoms with Crippen molar-refractivity contribution < 1.29 is 9.84 Å². The first kappa shape index (κ1) is 13.0. The summed E-state index contributed by atoms with van der Waals surface area (Å²) in [7, 11) is 0. The van der Waals surface area contributed by atoms with Gasteiger partial charge in [0.2, 0.25) is 0 Å². The van der Waals surface area contributed by atoms with E-state index in [2.05, 4.69) is 0 Å². The molecule has 1 unspecified atom stereocenters. The molecule has 1 aromatic carbocycles. The SMILES string of the molecule is OC(Cc1cccs1)Cc1cc(Cl)cc2c1OCC2. The summed E-state index contributed by atoms with van der Waals surface area (Å²) >= 11 is 7.79. The van der Waals surface area contributed by atoms with Crippen molar-refractivity contribution in [3.05, 3.63) is 50.7 Å². The van der Waals surface area contributed by atoms with Gasteiger partial charge in [-0.2, -0.15) is 0 Å². The van der Waals surface area contributed by atoms with Crippen molar-refractivity contribution in [1.82, 2.24) is 0 Å². The summed E-state index contributed by atoms with van der Waals surface area (Å²) in [5.74, 6) is 0.926. The Morgan fingerprint density at radius 3 is 3.05 bits per heavy atom. The largest absolute Gasteiger partial charge is 0.493 e. The summed E-state index contributed by atoms with van der Waals surface area (Å²) in [6, 6.07) is 7.92.